The molecule has 2 heteroatoms. The van der Waals surface area contributed by atoms with E-state index in [0.29, 0.717) is 5.57 Å². The molecule has 0 radical (unpaired) electrons. The van der Waals surface area contributed by atoms with Gasteiger partial charge in [-0.15, -0.1) is 0 Å². The highest BCUT2D eigenvalue weighted by molar-refractivity contribution is 5.87. The van der Waals surface area contributed by atoms with Crippen LogP contribution in [0.5, 0.6) is 0 Å². The minimum absolute atomic E-state index is 0.310. The second-order valence-electron chi connectivity index (χ2n) is 1.58. The Bertz CT molecular complexity index is 145. The van der Waals surface area contributed by atoms with Crippen molar-refractivity contribution in [3.63, 3.8) is 0 Å². The standard InChI is InChI=1S/C7H10O2/c1-4-5-6(2)7(8)9-3/h4-5H,1H2,2-3H3/b6-5-. The van der Waals surface area contributed by atoms with Crippen LogP contribution in [0.3, 0.4) is 0 Å². The monoisotopic (exact) mass is 126 g/mol. The van der Waals surface area contributed by atoms with E-state index in [9.17, 15) is 4.79 Å². The Kier molecular flexibility index (Phi) is 3.44. The van der Waals surface area contributed by atoms with Crippen molar-refractivity contribution in [3.8, 4) is 0 Å². The van der Waals surface area contributed by atoms with Gasteiger partial charge in [0.2, 0.25) is 0 Å². The van der Waals surface area contributed by atoms with E-state index >= 15 is 0 Å². The van der Waals surface area contributed by atoms with Crippen molar-refractivity contribution in [2.24, 2.45) is 0 Å². The summed E-state index contributed by atoms with van der Waals surface area (Å²) in [4.78, 5) is 10.6. The van der Waals surface area contributed by atoms with E-state index in [1.165, 1.54) is 7.11 Å². The molecule has 0 saturated heterocycles. The second kappa shape index (κ2) is 3.89. The smallest absolute Gasteiger partial charge is 0.333 e. The Morgan fingerprint density at radius 2 is 2.22 bits per heavy atom. The number of carbonyl (C=O) groups excluding carboxylic acids is 1. The van der Waals surface area contributed by atoms with Crippen LogP contribution in [-0.2, 0) is 9.53 Å². The van der Waals surface area contributed by atoms with Crippen LogP contribution in [0.25, 0.3) is 0 Å². The SMILES string of the molecule is C=C/C=C(/C)C(=O)OC. The van der Waals surface area contributed by atoms with Crippen molar-refractivity contribution >= 4 is 5.97 Å². The maximum absolute atomic E-state index is 10.6. The van der Waals surface area contributed by atoms with Crippen molar-refractivity contribution in [2.45, 2.75) is 6.92 Å². The first kappa shape index (κ1) is 7.95. The number of rotatable bonds is 2. The molecule has 0 aliphatic rings. The number of ether oxygens (including phenoxy) is 1. The molecule has 0 rings (SSSR count). The summed E-state index contributed by atoms with van der Waals surface area (Å²) in [5.74, 6) is -0.310. The maximum Gasteiger partial charge on any atom is 0.333 e. The van der Waals surface area contributed by atoms with Gasteiger partial charge in [-0.25, -0.2) is 4.79 Å². The fourth-order valence-electron chi connectivity index (χ4n) is 0.406. The summed E-state index contributed by atoms with van der Waals surface area (Å²) in [7, 11) is 1.35. The van der Waals surface area contributed by atoms with E-state index < -0.39 is 0 Å². The molecular weight excluding hydrogens is 116 g/mol. The van der Waals surface area contributed by atoms with Gasteiger partial charge in [-0.1, -0.05) is 18.7 Å². The van der Waals surface area contributed by atoms with Crippen molar-refractivity contribution in [1.29, 1.82) is 0 Å². The van der Waals surface area contributed by atoms with Crippen molar-refractivity contribution in [1.82, 2.24) is 0 Å². The molecule has 0 heterocycles. The van der Waals surface area contributed by atoms with E-state index in [4.69, 9.17) is 0 Å². The molecule has 0 saturated carbocycles. The van der Waals surface area contributed by atoms with E-state index in [1.807, 2.05) is 0 Å². The Labute approximate surface area is 54.8 Å². The van der Waals surface area contributed by atoms with Crippen LogP contribution < -0.4 is 0 Å². The molecule has 0 amide bonds. The fourth-order valence-corrected chi connectivity index (χ4v) is 0.406. The Morgan fingerprint density at radius 3 is 2.56 bits per heavy atom. The van der Waals surface area contributed by atoms with Crippen LogP contribution in [0, 0.1) is 0 Å². The van der Waals surface area contributed by atoms with E-state index in [0.717, 1.165) is 0 Å². The molecular formula is C7H10O2. The highest BCUT2D eigenvalue weighted by Crippen LogP contribution is 1.93. The quantitative estimate of drug-likeness (QED) is 0.316. The molecule has 2 nitrogen and oxygen atoms in total. The molecule has 0 atom stereocenters. The summed E-state index contributed by atoms with van der Waals surface area (Å²) in [6.45, 7) is 5.11. The molecule has 0 aromatic carbocycles. The topological polar surface area (TPSA) is 26.3 Å². The van der Waals surface area contributed by atoms with Gasteiger partial charge in [0.15, 0.2) is 0 Å². The molecule has 0 aliphatic heterocycles. The third-order valence-electron chi connectivity index (χ3n) is 0.875. The van der Waals surface area contributed by atoms with Gasteiger partial charge in [0.25, 0.3) is 0 Å². The molecule has 9 heavy (non-hydrogen) atoms. The number of allylic oxidation sites excluding steroid dienone is 2. The van der Waals surface area contributed by atoms with E-state index in [1.54, 1.807) is 19.1 Å². The highest BCUT2D eigenvalue weighted by atomic mass is 16.5. The van der Waals surface area contributed by atoms with E-state index in [2.05, 4.69) is 11.3 Å². The minimum atomic E-state index is -0.310. The summed E-state index contributed by atoms with van der Waals surface area (Å²) in [6, 6.07) is 0. The third-order valence-corrected chi connectivity index (χ3v) is 0.875. The number of hydrogen-bond acceptors (Lipinski definition) is 2. The lowest BCUT2D eigenvalue weighted by Crippen LogP contribution is -2.00. The minimum Gasteiger partial charge on any atom is -0.466 e. The molecule has 0 aliphatic carbocycles. The predicted molar refractivity (Wildman–Crippen MR) is 36.0 cm³/mol. The second-order valence-corrected chi connectivity index (χ2v) is 1.58. The van der Waals surface area contributed by atoms with Crippen LogP contribution in [0.1, 0.15) is 6.92 Å². The zero-order chi connectivity index (χ0) is 7.28. The summed E-state index contributed by atoms with van der Waals surface area (Å²) in [5.41, 5.74) is 0.563. The molecule has 0 unspecified atom stereocenters. The van der Waals surface area contributed by atoms with Gasteiger partial charge in [0.05, 0.1) is 7.11 Å². The average Bonchev–Trinajstić information content (AvgIpc) is 1.87. The van der Waals surface area contributed by atoms with Gasteiger partial charge in [-0.05, 0) is 6.92 Å². The van der Waals surface area contributed by atoms with Crippen molar-refractivity contribution in [2.75, 3.05) is 7.11 Å². The molecule has 0 fully saturated rings. The summed E-state index contributed by atoms with van der Waals surface area (Å²) >= 11 is 0. The van der Waals surface area contributed by atoms with Crippen LogP contribution in [0.4, 0.5) is 0 Å². The lowest BCUT2D eigenvalue weighted by atomic mass is 10.3. The molecule has 0 N–H and O–H groups in total. The van der Waals surface area contributed by atoms with Crippen LogP contribution >= 0.6 is 0 Å². The molecule has 0 spiro atoms. The normalized spacial score (nSPS) is 10.7. The first-order chi connectivity index (χ1) is 4.22. The lowest BCUT2D eigenvalue weighted by Gasteiger charge is -1.94. The zero-order valence-corrected chi connectivity index (χ0v) is 5.68. The Balaban J connectivity index is 4.01. The van der Waals surface area contributed by atoms with E-state index in [-0.39, 0.29) is 5.97 Å². The first-order valence-electron chi connectivity index (χ1n) is 2.60. The van der Waals surface area contributed by atoms with Gasteiger partial charge in [0, 0.05) is 5.57 Å². The summed E-state index contributed by atoms with van der Waals surface area (Å²) in [5, 5.41) is 0. The van der Waals surface area contributed by atoms with Crippen LogP contribution in [0.15, 0.2) is 24.3 Å². The largest absolute Gasteiger partial charge is 0.466 e. The first-order valence-corrected chi connectivity index (χ1v) is 2.60. The van der Waals surface area contributed by atoms with Crippen LogP contribution in [-0.4, -0.2) is 13.1 Å². The van der Waals surface area contributed by atoms with Crippen LogP contribution in [0.2, 0.25) is 0 Å². The van der Waals surface area contributed by atoms with Gasteiger partial charge in [0.1, 0.15) is 0 Å². The lowest BCUT2D eigenvalue weighted by molar-refractivity contribution is -0.136. The Morgan fingerprint density at radius 1 is 1.67 bits per heavy atom. The summed E-state index contributed by atoms with van der Waals surface area (Å²) in [6.07, 6.45) is 3.15. The number of carbonyl (C=O) groups is 1. The number of hydrogen-bond donors (Lipinski definition) is 0. The number of esters is 1. The molecule has 0 aromatic heterocycles. The Hall–Kier alpha value is -1.05. The van der Waals surface area contributed by atoms with Gasteiger partial charge >= 0.3 is 5.97 Å². The van der Waals surface area contributed by atoms with Gasteiger partial charge in [-0.2, -0.15) is 0 Å². The molecule has 50 valence electrons. The predicted octanol–water partition coefficient (Wildman–Crippen LogP) is 1.29. The van der Waals surface area contributed by atoms with Gasteiger partial charge in [-0.3, -0.25) is 0 Å². The third kappa shape index (κ3) is 2.69. The zero-order valence-electron chi connectivity index (χ0n) is 5.68. The maximum atomic E-state index is 10.6. The summed E-state index contributed by atoms with van der Waals surface area (Å²) < 4.78 is 4.41. The van der Waals surface area contributed by atoms with Crippen molar-refractivity contribution < 1.29 is 9.53 Å². The molecule has 0 aromatic rings. The van der Waals surface area contributed by atoms with Gasteiger partial charge < -0.3 is 4.74 Å². The molecule has 0 bridgehead atoms. The number of methoxy groups -OCH3 is 1. The van der Waals surface area contributed by atoms with Crippen molar-refractivity contribution in [3.05, 3.63) is 24.3 Å². The average molecular weight is 126 g/mol. The highest BCUT2D eigenvalue weighted by Gasteiger charge is 1.98. The fraction of sp³-hybridized carbons (Fsp3) is 0.286.